The summed E-state index contributed by atoms with van der Waals surface area (Å²) in [6.45, 7) is 2.63. The van der Waals surface area contributed by atoms with Crippen molar-refractivity contribution in [2.75, 3.05) is 6.54 Å². The average molecular weight is 323 g/mol. The molecule has 1 aliphatic carbocycles. The van der Waals surface area contributed by atoms with Crippen molar-refractivity contribution in [2.24, 2.45) is 0 Å². The minimum atomic E-state index is -0.324. The quantitative estimate of drug-likeness (QED) is 0.887. The summed E-state index contributed by atoms with van der Waals surface area (Å²) in [4.78, 5) is 30.4. The second kappa shape index (κ2) is 7.25. The van der Waals surface area contributed by atoms with Crippen molar-refractivity contribution in [3.63, 3.8) is 0 Å². The van der Waals surface area contributed by atoms with Crippen molar-refractivity contribution in [2.45, 2.75) is 32.4 Å². The Morgan fingerprint density at radius 2 is 2.04 bits per heavy atom. The topological polar surface area (TPSA) is 62.3 Å². The summed E-state index contributed by atoms with van der Waals surface area (Å²) in [7, 11) is 0. The molecule has 0 radical (unpaired) electrons. The van der Waals surface area contributed by atoms with Crippen LogP contribution in [0.15, 0.2) is 48.7 Å². The number of carbonyl (C=O) groups excluding carboxylic acids is 2. The van der Waals surface area contributed by atoms with Gasteiger partial charge in [-0.2, -0.15) is 0 Å². The smallest absolute Gasteiger partial charge is 0.270 e. The van der Waals surface area contributed by atoms with Gasteiger partial charge in [0.1, 0.15) is 5.69 Å². The van der Waals surface area contributed by atoms with Crippen LogP contribution in [-0.4, -0.2) is 34.3 Å². The molecule has 1 heterocycles. The van der Waals surface area contributed by atoms with Gasteiger partial charge in [0.25, 0.3) is 5.91 Å². The fourth-order valence-corrected chi connectivity index (χ4v) is 2.66. The van der Waals surface area contributed by atoms with Crippen molar-refractivity contribution < 1.29 is 9.59 Å². The molecule has 5 nitrogen and oxygen atoms in total. The average Bonchev–Trinajstić information content (AvgIpc) is 3.43. The lowest BCUT2D eigenvalue weighted by atomic mass is 10.1. The van der Waals surface area contributed by atoms with Gasteiger partial charge in [-0.3, -0.25) is 14.6 Å². The van der Waals surface area contributed by atoms with Crippen LogP contribution in [0.2, 0.25) is 0 Å². The van der Waals surface area contributed by atoms with E-state index in [0.717, 1.165) is 18.4 Å². The SMILES string of the molecule is Cc1cccc(CN(C(=O)CNC(=O)c2ccccn2)C2CC2)c1. The van der Waals surface area contributed by atoms with Gasteiger partial charge < -0.3 is 10.2 Å². The number of hydrogen-bond donors (Lipinski definition) is 1. The third kappa shape index (κ3) is 4.19. The van der Waals surface area contributed by atoms with Crippen molar-refractivity contribution in [3.8, 4) is 0 Å². The van der Waals surface area contributed by atoms with Crippen LogP contribution in [0.3, 0.4) is 0 Å². The van der Waals surface area contributed by atoms with Gasteiger partial charge in [-0.1, -0.05) is 35.9 Å². The highest BCUT2D eigenvalue weighted by Crippen LogP contribution is 2.28. The number of rotatable bonds is 6. The van der Waals surface area contributed by atoms with Gasteiger partial charge in [0.05, 0.1) is 6.54 Å². The zero-order valence-corrected chi connectivity index (χ0v) is 13.7. The van der Waals surface area contributed by atoms with E-state index in [-0.39, 0.29) is 18.4 Å². The number of aryl methyl sites for hydroxylation is 1. The zero-order chi connectivity index (χ0) is 16.9. The first-order valence-electron chi connectivity index (χ1n) is 8.18. The Morgan fingerprint density at radius 3 is 2.71 bits per heavy atom. The summed E-state index contributed by atoms with van der Waals surface area (Å²) >= 11 is 0. The van der Waals surface area contributed by atoms with Gasteiger partial charge in [-0.25, -0.2) is 0 Å². The van der Waals surface area contributed by atoms with E-state index in [9.17, 15) is 9.59 Å². The highest BCUT2D eigenvalue weighted by Gasteiger charge is 2.32. The standard InChI is InChI=1S/C19H21N3O2/c1-14-5-4-6-15(11-14)13-22(16-8-9-16)18(23)12-21-19(24)17-7-2-3-10-20-17/h2-7,10-11,16H,8-9,12-13H2,1H3,(H,21,24). The van der Waals surface area contributed by atoms with Crippen LogP contribution in [-0.2, 0) is 11.3 Å². The van der Waals surface area contributed by atoms with Gasteiger partial charge in [0.15, 0.2) is 0 Å². The molecule has 1 aliphatic rings. The molecule has 0 atom stereocenters. The molecule has 1 saturated carbocycles. The summed E-state index contributed by atoms with van der Waals surface area (Å²) in [6, 6.07) is 13.6. The fraction of sp³-hybridized carbons (Fsp3) is 0.316. The molecule has 1 fully saturated rings. The molecule has 0 unspecified atom stereocenters. The number of benzene rings is 1. The molecule has 0 spiro atoms. The third-order valence-corrected chi connectivity index (χ3v) is 4.04. The highest BCUT2D eigenvalue weighted by molar-refractivity contribution is 5.94. The Balaban J connectivity index is 1.60. The summed E-state index contributed by atoms with van der Waals surface area (Å²) in [6.07, 6.45) is 3.63. The summed E-state index contributed by atoms with van der Waals surface area (Å²) < 4.78 is 0. The van der Waals surface area contributed by atoms with Gasteiger partial charge in [-0.05, 0) is 37.5 Å². The van der Waals surface area contributed by atoms with Crippen LogP contribution in [0.25, 0.3) is 0 Å². The molecule has 1 N–H and O–H groups in total. The first-order valence-corrected chi connectivity index (χ1v) is 8.18. The van der Waals surface area contributed by atoms with E-state index in [2.05, 4.69) is 16.4 Å². The molecule has 5 heteroatoms. The predicted octanol–water partition coefficient (Wildman–Crippen LogP) is 2.31. The molecule has 2 aromatic rings. The van der Waals surface area contributed by atoms with Gasteiger partial charge in [0.2, 0.25) is 5.91 Å². The normalized spacial score (nSPS) is 13.4. The zero-order valence-electron chi connectivity index (χ0n) is 13.7. The Labute approximate surface area is 141 Å². The van der Waals surface area contributed by atoms with E-state index in [1.54, 1.807) is 24.4 Å². The molecular weight excluding hydrogens is 302 g/mol. The maximum Gasteiger partial charge on any atom is 0.270 e. The van der Waals surface area contributed by atoms with Gasteiger partial charge >= 0.3 is 0 Å². The number of nitrogens with one attached hydrogen (secondary N) is 1. The minimum Gasteiger partial charge on any atom is -0.342 e. The first-order chi connectivity index (χ1) is 11.6. The van der Waals surface area contributed by atoms with E-state index in [1.807, 2.05) is 30.0 Å². The molecule has 1 aromatic carbocycles. The number of hydrogen-bond acceptors (Lipinski definition) is 3. The van der Waals surface area contributed by atoms with Crippen molar-refractivity contribution >= 4 is 11.8 Å². The lowest BCUT2D eigenvalue weighted by Gasteiger charge is -2.23. The lowest BCUT2D eigenvalue weighted by Crippen LogP contribution is -2.41. The van der Waals surface area contributed by atoms with E-state index in [1.165, 1.54) is 5.56 Å². The molecule has 124 valence electrons. The second-order valence-corrected chi connectivity index (χ2v) is 6.14. The number of amides is 2. The van der Waals surface area contributed by atoms with Gasteiger partial charge in [-0.15, -0.1) is 0 Å². The second-order valence-electron chi connectivity index (χ2n) is 6.14. The highest BCUT2D eigenvalue weighted by atomic mass is 16.2. The van der Waals surface area contributed by atoms with E-state index in [0.29, 0.717) is 18.3 Å². The van der Waals surface area contributed by atoms with Crippen LogP contribution in [0.4, 0.5) is 0 Å². The van der Waals surface area contributed by atoms with E-state index >= 15 is 0 Å². The van der Waals surface area contributed by atoms with Crippen LogP contribution in [0.5, 0.6) is 0 Å². The lowest BCUT2D eigenvalue weighted by molar-refractivity contribution is -0.131. The largest absolute Gasteiger partial charge is 0.342 e. The Bertz CT molecular complexity index is 726. The molecule has 0 saturated heterocycles. The predicted molar refractivity (Wildman–Crippen MR) is 91.3 cm³/mol. The summed E-state index contributed by atoms with van der Waals surface area (Å²) in [5.74, 6) is -0.376. The third-order valence-electron chi connectivity index (χ3n) is 4.04. The maximum absolute atomic E-state index is 12.5. The number of nitrogens with zero attached hydrogens (tertiary/aromatic N) is 2. The van der Waals surface area contributed by atoms with Crippen molar-refractivity contribution in [1.82, 2.24) is 15.2 Å². The molecular formula is C19H21N3O2. The van der Waals surface area contributed by atoms with Crippen LogP contribution in [0.1, 0.15) is 34.5 Å². The van der Waals surface area contributed by atoms with Crippen molar-refractivity contribution in [3.05, 3.63) is 65.5 Å². The summed E-state index contributed by atoms with van der Waals surface area (Å²) in [5.41, 5.74) is 2.62. The monoisotopic (exact) mass is 323 g/mol. The molecule has 3 rings (SSSR count). The molecule has 2 amide bonds. The minimum absolute atomic E-state index is 0.00226. The van der Waals surface area contributed by atoms with Crippen LogP contribution >= 0.6 is 0 Å². The number of aromatic nitrogens is 1. The van der Waals surface area contributed by atoms with Crippen LogP contribution in [0, 0.1) is 6.92 Å². The van der Waals surface area contributed by atoms with Crippen LogP contribution < -0.4 is 5.32 Å². The van der Waals surface area contributed by atoms with Crippen molar-refractivity contribution in [1.29, 1.82) is 0 Å². The number of pyridine rings is 1. The van der Waals surface area contributed by atoms with E-state index in [4.69, 9.17) is 0 Å². The maximum atomic E-state index is 12.5. The van der Waals surface area contributed by atoms with Gasteiger partial charge in [0, 0.05) is 18.8 Å². The van der Waals surface area contributed by atoms with E-state index < -0.39 is 0 Å². The first kappa shape index (κ1) is 16.2. The molecule has 24 heavy (non-hydrogen) atoms. The summed E-state index contributed by atoms with van der Waals surface area (Å²) in [5, 5.41) is 2.67. The number of carbonyl (C=O) groups is 2. The fourth-order valence-electron chi connectivity index (χ4n) is 2.66. The molecule has 0 bridgehead atoms. The Kier molecular flexibility index (Phi) is 4.89. The Morgan fingerprint density at radius 1 is 1.21 bits per heavy atom. The Hall–Kier alpha value is -2.69. The molecule has 1 aromatic heterocycles. The molecule has 0 aliphatic heterocycles.